The van der Waals surface area contributed by atoms with Gasteiger partial charge in [-0.3, -0.25) is 4.79 Å². The Labute approximate surface area is 135 Å². The number of aromatic nitrogens is 1. The zero-order chi connectivity index (χ0) is 16.4. The molecule has 6 nitrogen and oxygen atoms in total. The first-order valence-electron chi connectivity index (χ1n) is 6.62. The molecule has 0 radical (unpaired) electrons. The van der Waals surface area contributed by atoms with Crippen molar-refractivity contribution in [3.8, 4) is 5.75 Å². The maximum Gasteiger partial charge on any atom is 0.344 e. The number of halogens is 1. The van der Waals surface area contributed by atoms with Gasteiger partial charge in [-0.25, -0.2) is 9.78 Å². The smallest absolute Gasteiger partial charge is 0.344 e. The van der Waals surface area contributed by atoms with Crippen LogP contribution in [0.3, 0.4) is 0 Å². The molecule has 0 saturated carbocycles. The van der Waals surface area contributed by atoms with Crippen LogP contribution in [-0.4, -0.2) is 18.0 Å². The van der Waals surface area contributed by atoms with Gasteiger partial charge in [0.05, 0.1) is 18.2 Å². The molecule has 0 bridgehead atoms. The summed E-state index contributed by atoms with van der Waals surface area (Å²) in [5.41, 5.74) is -0.278. The molecular weight excluding hydrogens is 320 g/mol. The van der Waals surface area contributed by atoms with Gasteiger partial charge in [0.1, 0.15) is 5.75 Å². The summed E-state index contributed by atoms with van der Waals surface area (Å²) in [7, 11) is 1.52. The summed E-state index contributed by atoms with van der Waals surface area (Å²) < 4.78 is 10.2. The minimum Gasteiger partial charge on any atom is -0.497 e. The second-order valence-corrected chi connectivity index (χ2v) is 5.01. The quantitative estimate of drug-likeness (QED) is 0.746. The maximum atomic E-state index is 12.3. The summed E-state index contributed by atoms with van der Waals surface area (Å²) in [6.07, 6.45) is 1.50. The lowest BCUT2D eigenvalue weighted by atomic mass is 10.1. The summed E-state index contributed by atoms with van der Waals surface area (Å²) in [5, 5.41) is 3.60. The molecule has 116 valence electrons. The van der Waals surface area contributed by atoms with Crippen LogP contribution in [0.1, 0.15) is 10.6 Å². The Hall–Kier alpha value is -2.86. The van der Waals surface area contributed by atoms with Gasteiger partial charge in [-0.15, -0.1) is 0 Å². The molecule has 1 aromatic carbocycles. The number of pyridine rings is 1. The molecule has 0 aliphatic rings. The van der Waals surface area contributed by atoms with Crippen molar-refractivity contribution in [1.82, 2.24) is 4.98 Å². The van der Waals surface area contributed by atoms with Crippen molar-refractivity contribution < 1.29 is 13.9 Å². The Balaban J connectivity index is 2.00. The van der Waals surface area contributed by atoms with Crippen molar-refractivity contribution in [2.24, 2.45) is 0 Å². The van der Waals surface area contributed by atoms with E-state index in [0.717, 1.165) is 0 Å². The van der Waals surface area contributed by atoms with Crippen LogP contribution in [0.15, 0.2) is 51.8 Å². The van der Waals surface area contributed by atoms with E-state index in [1.807, 2.05) is 0 Å². The van der Waals surface area contributed by atoms with E-state index < -0.39 is 11.5 Å². The number of nitrogens with zero attached hydrogens (tertiary/aromatic N) is 1. The highest BCUT2D eigenvalue weighted by molar-refractivity contribution is 6.32. The number of carbonyl (C=O) groups excluding carboxylic acids is 1. The van der Waals surface area contributed by atoms with Crippen molar-refractivity contribution in [3.63, 3.8) is 0 Å². The zero-order valence-corrected chi connectivity index (χ0v) is 12.8. The molecule has 3 rings (SSSR count). The third-order valence-corrected chi connectivity index (χ3v) is 3.50. The number of ether oxygens (including phenoxy) is 1. The number of carbonyl (C=O) groups is 1. The van der Waals surface area contributed by atoms with Crippen LogP contribution in [0, 0.1) is 0 Å². The zero-order valence-electron chi connectivity index (χ0n) is 12.0. The van der Waals surface area contributed by atoms with E-state index in [0.29, 0.717) is 22.2 Å². The number of nitrogens with one attached hydrogen (secondary N) is 1. The number of methoxy groups -OCH3 is 1. The molecule has 0 unspecified atom stereocenters. The van der Waals surface area contributed by atoms with Crippen molar-refractivity contribution in [3.05, 3.63) is 63.9 Å². The molecule has 0 aliphatic carbocycles. The largest absolute Gasteiger partial charge is 0.497 e. The number of rotatable bonds is 3. The lowest BCUT2D eigenvalue weighted by Gasteiger charge is -2.06. The van der Waals surface area contributed by atoms with Gasteiger partial charge in [0.25, 0.3) is 5.91 Å². The molecule has 0 aliphatic heterocycles. The molecule has 2 heterocycles. The number of amides is 1. The van der Waals surface area contributed by atoms with E-state index in [1.54, 1.807) is 30.3 Å². The van der Waals surface area contributed by atoms with Crippen LogP contribution in [-0.2, 0) is 0 Å². The predicted octanol–water partition coefficient (Wildman–Crippen LogP) is 3.10. The average molecular weight is 331 g/mol. The normalized spacial score (nSPS) is 10.5. The van der Waals surface area contributed by atoms with Crippen LogP contribution in [0.2, 0.25) is 5.15 Å². The second kappa shape index (κ2) is 6.10. The monoisotopic (exact) mass is 330 g/mol. The van der Waals surface area contributed by atoms with E-state index >= 15 is 0 Å². The highest BCUT2D eigenvalue weighted by Gasteiger charge is 2.14. The Kier molecular flexibility index (Phi) is 3.99. The molecule has 0 atom stereocenters. The SMILES string of the molecule is COc1ccc2c(=O)oc(C(=O)Nc3cccnc3Cl)cc2c1. The van der Waals surface area contributed by atoms with Crippen molar-refractivity contribution in [2.75, 3.05) is 12.4 Å². The standard InChI is InChI=1S/C16H11ClN2O4/c1-22-10-4-5-11-9(7-10)8-13(23-16(11)21)15(20)19-12-3-2-6-18-14(12)17/h2-8H,1H3,(H,19,20). The molecule has 0 fully saturated rings. The average Bonchev–Trinajstić information content (AvgIpc) is 2.56. The van der Waals surface area contributed by atoms with E-state index in [9.17, 15) is 9.59 Å². The number of benzene rings is 1. The fourth-order valence-electron chi connectivity index (χ4n) is 2.07. The molecule has 0 spiro atoms. The van der Waals surface area contributed by atoms with Crippen LogP contribution >= 0.6 is 11.6 Å². The van der Waals surface area contributed by atoms with Crippen molar-refractivity contribution in [1.29, 1.82) is 0 Å². The molecule has 1 amide bonds. The number of fused-ring (bicyclic) bond motifs is 1. The van der Waals surface area contributed by atoms with Gasteiger partial charge in [-0.1, -0.05) is 11.6 Å². The van der Waals surface area contributed by atoms with Gasteiger partial charge in [0.15, 0.2) is 10.9 Å². The van der Waals surface area contributed by atoms with Crippen molar-refractivity contribution in [2.45, 2.75) is 0 Å². The number of hydrogen-bond acceptors (Lipinski definition) is 5. The first-order valence-corrected chi connectivity index (χ1v) is 7.00. The Morgan fingerprint density at radius 1 is 1.30 bits per heavy atom. The van der Waals surface area contributed by atoms with Gasteiger partial charge in [0.2, 0.25) is 0 Å². The summed E-state index contributed by atoms with van der Waals surface area (Å²) in [6, 6.07) is 9.57. The van der Waals surface area contributed by atoms with Crippen LogP contribution in [0.4, 0.5) is 5.69 Å². The van der Waals surface area contributed by atoms with E-state index in [2.05, 4.69) is 10.3 Å². The highest BCUT2D eigenvalue weighted by Crippen LogP contribution is 2.21. The molecule has 2 aromatic heterocycles. The van der Waals surface area contributed by atoms with E-state index in [4.69, 9.17) is 20.8 Å². The summed E-state index contributed by atoms with van der Waals surface area (Å²) in [6.45, 7) is 0. The predicted molar refractivity (Wildman–Crippen MR) is 86.2 cm³/mol. The second-order valence-electron chi connectivity index (χ2n) is 4.65. The molecular formula is C16H11ClN2O4. The van der Waals surface area contributed by atoms with E-state index in [-0.39, 0.29) is 10.9 Å². The summed E-state index contributed by atoms with van der Waals surface area (Å²) >= 11 is 5.89. The fraction of sp³-hybridized carbons (Fsp3) is 0.0625. The molecule has 1 N–H and O–H groups in total. The molecule has 3 aromatic rings. The summed E-state index contributed by atoms with van der Waals surface area (Å²) in [5.74, 6) is -0.151. The van der Waals surface area contributed by atoms with Gasteiger partial charge in [-0.2, -0.15) is 0 Å². The van der Waals surface area contributed by atoms with Gasteiger partial charge in [-0.05, 0) is 41.8 Å². The minimum atomic E-state index is -0.604. The Morgan fingerprint density at radius 3 is 2.87 bits per heavy atom. The molecule has 0 saturated heterocycles. The van der Waals surface area contributed by atoms with Crippen LogP contribution in [0.25, 0.3) is 10.8 Å². The van der Waals surface area contributed by atoms with Crippen molar-refractivity contribution >= 4 is 34.0 Å². The lowest BCUT2D eigenvalue weighted by Crippen LogP contribution is -2.15. The van der Waals surface area contributed by atoms with Gasteiger partial charge >= 0.3 is 5.63 Å². The number of anilines is 1. The third-order valence-electron chi connectivity index (χ3n) is 3.20. The highest BCUT2D eigenvalue weighted by atomic mass is 35.5. The topological polar surface area (TPSA) is 81.4 Å². The fourth-order valence-corrected chi connectivity index (χ4v) is 2.24. The van der Waals surface area contributed by atoms with Crippen LogP contribution < -0.4 is 15.7 Å². The molecule has 23 heavy (non-hydrogen) atoms. The Morgan fingerprint density at radius 2 is 2.13 bits per heavy atom. The van der Waals surface area contributed by atoms with Gasteiger partial charge < -0.3 is 14.5 Å². The maximum absolute atomic E-state index is 12.3. The first-order chi connectivity index (χ1) is 11.1. The third kappa shape index (κ3) is 3.02. The number of hydrogen-bond donors (Lipinski definition) is 1. The van der Waals surface area contributed by atoms with Crippen LogP contribution in [0.5, 0.6) is 5.75 Å². The lowest BCUT2D eigenvalue weighted by molar-refractivity contribution is 0.0993. The minimum absolute atomic E-state index is 0.129. The van der Waals surface area contributed by atoms with Gasteiger partial charge in [0, 0.05) is 6.20 Å². The first kappa shape index (κ1) is 15.1. The Bertz CT molecular complexity index is 952. The molecule has 7 heteroatoms. The summed E-state index contributed by atoms with van der Waals surface area (Å²) in [4.78, 5) is 28.1. The van der Waals surface area contributed by atoms with E-state index in [1.165, 1.54) is 19.4 Å².